The summed E-state index contributed by atoms with van der Waals surface area (Å²) in [4.78, 5) is 21.6. The van der Waals surface area contributed by atoms with Crippen LogP contribution in [0.4, 0.5) is 19.0 Å². The SMILES string of the molecule is Cc1nc(CC(=O)NC2(C)CC2)c(C2OCCO2)c(N[C@H](C)c2cccc(C(F)(F)F)c2)n1. The third-order valence-corrected chi connectivity index (χ3v) is 5.83. The molecule has 4 rings (SSSR count). The first-order valence-electron chi connectivity index (χ1n) is 10.9. The first kappa shape index (κ1) is 23.4. The zero-order valence-corrected chi connectivity index (χ0v) is 18.8. The van der Waals surface area contributed by atoms with Crippen LogP contribution in [0.2, 0.25) is 0 Å². The fourth-order valence-electron chi connectivity index (χ4n) is 3.77. The fourth-order valence-corrected chi connectivity index (χ4v) is 3.77. The van der Waals surface area contributed by atoms with Crippen molar-refractivity contribution in [2.45, 2.75) is 64.1 Å². The van der Waals surface area contributed by atoms with Crippen molar-refractivity contribution in [2.75, 3.05) is 18.5 Å². The van der Waals surface area contributed by atoms with Crippen LogP contribution in [0.5, 0.6) is 0 Å². The average Bonchev–Trinajstić information content (AvgIpc) is 3.21. The highest BCUT2D eigenvalue weighted by Crippen LogP contribution is 2.36. The number of aromatic nitrogens is 2. The molecule has 2 fully saturated rings. The standard InChI is InChI=1S/C23H27F3N4O3/c1-13(15-5-4-6-16(11-15)23(24,25)26)27-20-19(21-32-9-10-33-21)17(28-14(2)29-20)12-18(31)30-22(3)7-8-22/h4-6,11,13,21H,7-10,12H2,1-3H3,(H,30,31)(H,27,28,29)/t13-/m1/s1. The van der Waals surface area contributed by atoms with Gasteiger partial charge in [0.05, 0.1) is 36.5 Å². The van der Waals surface area contributed by atoms with E-state index < -0.39 is 24.1 Å². The molecule has 2 aliphatic rings. The van der Waals surface area contributed by atoms with E-state index in [2.05, 4.69) is 20.6 Å². The molecule has 1 aliphatic carbocycles. The lowest BCUT2D eigenvalue weighted by atomic mass is 10.0. The quantitative estimate of drug-likeness (QED) is 0.638. The van der Waals surface area contributed by atoms with E-state index in [1.165, 1.54) is 6.07 Å². The highest BCUT2D eigenvalue weighted by Gasteiger charge is 2.39. The Labute approximate surface area is 190 Å². The molecule has 33 heavy (non-hydrogen) atoms. The number of carbonyl (C=O) groups excluding carboxylic acids is 1. The van der Waals surface area contributed by atoms with Gasteiger partial charge in [0.1, 0.15) is 11.6 Å². The predicted molar refractivity (Wildman–Crippen MR) is 114 cm³/mol. The van der Waals surface area contributed by atoms with E-state index in [0.717, 1.165) is 25.0 Å². The first-order valence-corrected chi connectivity index (χ1v) is 10.9. The number of hydrogen-bond acceptors (Lipinski definition) is 6. The largest absolute Gasteiger partial charge is 0.416 e. The number of nitrogens with zero attached hydrogens (tertiary/aromatic N) is 2. The molecule has 0 spiro atoms. The Bertz CT molecular complexity index is 1030. The molecule has 1 aromatic heterocycles. The molecule has 2 heterocycles. The number of alkyl halides is 3. The molecule has 1 amide bonds. The molecule has 1 saturated carbocycles. The molecule has 2 aromatic rings. The fraction of sp³-hybridized carbons (Fsp3) is 0.522. The molecule has 10 heteroatoms. The molecule has 178 valence electrons. The number of anilines is 1. The molecule has 7 nitrogen and oxygen atoms in total. The van der Waals surface area contributed by atoms with Crippen molar-refractivity contribution in [3.8, 4) is 0 Å². The van der Waals surface area contributed by atoms with Crippen LogP contribution in [0, 0.1) is 6.92 Å². The van der Waals surface area contributed by atoms with Gasteiger partial charge < -0.3 is 20.1 Å². The van der Waals surface area contributed by atoms with E-state index in [1.807, 2.05) is 6.92 Å². The summed E-state index contributed by atoms with van der Waals surface area (Å²) in [6, 6.07) is 4.63. The molecule has 0 bridgehead atoms. The second kappa shape index (κ2) is 8.90. The summed E-state index contributed by atoms with van der Waals surface area (Å²) in [6.45, 7) is 6.19. The number of halogens is 3. The summed E-state index contributed by atoms with van der Waals surface area (Å²) < 4.78 is 50.9. The van der Waals surface area contributed by atoms with Gasteiger partial charge >= 0.3 is 6.18 Å². The Morgan fingerprint density at radius 2 is 1.94 bits per heavy atom. The number of carbonyl (C=O) groups is 1. The average molecular weight is 464 g/mol. The van der Waals surface area contributed by atoms with Crippen molar-refractivity contribution in [1.29, 1.82) is 0 Å². The molecule has 2 N–H and O–H groups in total. The normalized spacial score (nSPS) is 18.7. The smallest absolute Gasteiger partial charge is 0.363 e. The lowest BCUT2D eigenvalue weighted by Gasteiger charge is -2.23. The highest BCUT2D eigenvalue weighted by molar-refractivity contribution is 5.80. The van der Waals surface area contributed by atoms with E-state index in [1.54, 1.807) is 19.9 Å². The summed E-state index contributed by atoms with van der Waals surface area (Å²) in [5.41, 5.74) is 0.518. The second-order valence-corrected chi connectivity index (χ2v) is 8.83. The maximum Gasteiger partial charge on any atom is 0.416 e. The molecule has 1 aliphatic heterocycles. The Morgan fingerprint density at radius 3 is 2.58 bits per heavy atom. The van der Waals surface area contributed by atoms with Gasteiger partial charge in [0, 0.05) is 11.6 Å². The van der Waals surface area contributed by atoms with Gasteiger partial charge in [-0.1, -0.05) is 12.1 Å². The van der Waals surface area contributed by atoms with Crippen LogP contribution in [0.1, 0.15) is 67.2 Å². The van der Waals surface area contributed by atoms with Gasteiger partial charge in [-0.25, -0.2) is 9.97 Å². The number of ether oxygens (including phenoxy) is 2. The topological polar surface area (TPSA) is 85.4 Å². The van der Waals surface area contributed by atoms with Gasteiger partial charge in [0.2, 0.25) is 5.91 Å². The number of nitrogens with one attached hydrogen (secondary N) is 2. The maximum atomic E-state index is 13.2. The predicted octanol–water partition coefficient (Wildman–Crippen LogP) is 4.23. The molecule has 0 unspecified atom stereocenters. The highest BCUT2D eigenvalue weighted by atomic mass is 19.4. The lowest BCUT2D eigenvalue weighted by molar-refractivity contribution is -0.137. The Morgan fingerprint density at radius 1 is 1.24 bits per heavy atom. The molecular formula is C23H27F3N4O3. The summed E-state index contributed by atoms with van der Waals surface area (Å²) in [6.07, 6.45) is -3.31. The number of hydrogen-bond donors (Lipinski definition) is 2. The van der Waals surface area contributed by atoms with Crippen LogP contribution in [-0.2, 0) is 26.9 Å². The number of aryl methyl sites for hydroxylation is 1. The van der Waals surface area contributed by atoms with Crippen LogP contribution >= 0.6 is 0 Å². The Balaban J connectivity index is 1.64. The molecular weight excluding hydrogens is 437 g/mol. The van der Waals surface area contributed by atoms with Gasteiger partial charge in [-0.2, -0.15) is 13.2 Å². The minimum atomic E-state index is -4.43. The van der Waals surface area contributed by atoms with E-state index in [0.29, 0.717) is 41.7 Å². The summed E-state index contributed by atoms with van der Waals surface area (Å²) >= 11 is 0. The second-order valence-electron chi connectivity index (χ2n) is 8.83. The van der Waals surface area contributed by atoms with E-state index in [-0.39, 0.29) is 17.9 Å². The maximum absolute atomic E-state index is 13.2. The monoisotopic (exact) mass is 464 g/mol. The Kier molecular flexibility index (Phi) is 6.32. The lowest BCUT2D eigenvalue weighted by Crippen LogP contribution is -2.36. The van der Waals surface area contributed by atoms with Crippen molar-refractivity contribution in [2.24, 2.45) is 0 Å². The van der Waals surface area contributed by atoms with Gasteiger partial charge in [-0.15, -0.1) is 0 Å². The molecule has 0 radical (unpaired) electrons. The third-order valence-electron chi connectivity index (χ3n) is 5.83. The zero-order chi connectivity index (χ0) is 23.8. The first-order chi connectivity index (χ1) is 15.5. The number of amides is 1. The number of rotatable bonds is 7. The van der Waals surface area contributed by atoms with Gasteiger partial charge in [0.25, 0.3) is 0 Å². The van der Waals surface area contributed by atoms with Crippen LogP contribution < -0.4 is 10.6 Å². The molecule has 1 aromatic carbocycles. The van der Waals surface area contributed by atoms with E-state index >= 15 is 0 Å². The third kappa shape index (κ3) is 5.62. The minimum absolute atomic E-state index is 0.0180. The molecule has 1 saturated heterocycles. The van der Waals surface area contributed by atoms with Gasteiger partial charge in [-0.3, -0.25) is 4.79 Å². The summed E-state index contributed by atoms with van der Waals surface area (Å²) in [5.74, 6) is 0.639. The van der Waals surface area contributed by atoms with Crippen molar-refractivity contribution in [3.05, 3.63) is 52.5 Å². The van der Waals surface area contributed by atoms with Crippen LogP contribution in [0.25, 0.3) is 0 Å². The van der Waals surface area contributed by atoms with E-state index in [4.69, 9.17) is 9.47 Å². The minimum Gasteiger partial charge on any atom is -0.363 e. The van der Waals surface area contributed by atoms with Crippen LogP contribution in [0.3, 0.4) is 0 Å². The zero-order valence-electron chi connectivity index (χ0n) is 18.8. The van der Waals surface area contributed by atoms with Crippen molar-refractivity contribution < 1.29 is 27.4 Å². The summed E-state index contributed by atoms with van der Waals surface area (Å²) in [7, 11) is 0. The molecule has 1 atom stereocenters. The van der Waals surface area contributed by atoms with Crippen molar-refractivity contribution in [3.63, 3.8) is 0 Å². The summed E-state index contributed by atoms with van der Waals surface area (Å²) in [5, 5.41) is 6.20. The van der Waals surface area contributed by atoms with Crippen LogP contribution in [0.15, 0.2) is 24.3 Å². The van der Waals surface area contributed by atoms with Gasteiger partial charge in [-0.05, 0) is 51.3 Å². The van der Waals surface area contributed by atoms with Crippen LogP contribution in [-0.4, -0.2) is 34.6 Å². The van der Waals surface area contributed by atoms with Crippen molar-refractivity contribution in [1.82, 2.24) is 15.3 Å². The van der Waals surface area contributed by atoms with E-state index in [9.17, 15) is 18.0 Å². The Hall–Kier alpha value is -2.72. The van der Waals surface area contributed by atoms with Gasteiger partial charge in [0.15, 0.2) is 6.29 Å². The number of benzene rings is 1. The van der Waals surface area contributed by atoms with Crippen molar-refractivity contribution >= 4 is 11.7 Å².